The molecule has 0 aliphatic heterocycles. The molecule has 2 N–H and O–H groups in total. The van der Waals surface area contributed by atoms with E-state index in [1.54, 1.807) is 0 Å². The van der Waals surface area contributed by atoms with E-state index < -0.39 is 0 Å². The number of carbonyl (C=O) groups excluding carboxylic acids is 1. The first-order valence-corrected chi connectivity index (χ1v) is 9.04. The number of nitrogens with zero attached hydrogens (tertiary/aromatic N) is 1. The molecule has 0 saturated heterocycles. The Morgan fingerprint density at radius 2 is 2.08 bits per heavy atom. The zero-order valence-corrected chi connectivity index (χ0v) is 15.1. The number of hydrogen-bond acceptors (Lipinski definition) is 4. The van der Waals surface area contributed by atoms with E-state index in [0.29, 0.717) is 11.6 Å². The van der Waals surface area contributed by atoms with Gasteiger partial charge in [0.1, 0.15) is 0 Å². The van der Waals surface area contributed by atoms with Crippen molar-refractivity contribution in [2.24, 2.45) is 0 Å². The molecule has 6 heteroatoms. The summed E-state index contributed by atoms with van der Waals surface area (Å²) in [5.74, 6) is -0.0830. The molecule has 2 rings (SSSR count). The maximum absolute atomic E-state index is 12.5. The van der Waals surface area contributed by atoms with E-state index in [0.717, 1.165) is 29.8 Å². The van der Waals surface area contributed by atoms with Gasteiger partial charge in [0.15, 0.2) is 5.16 Å². The van der Waals surface area contributed by atoms with Crippen molar-refractivity contribution in [1.82, 2.24) is 9.97 Å². The third-order valence-corrected chi connectivity index (χ3v) is 4.85. The van der Waals surface area contributed by atoms with Gasteiger partial charge in [0.05, 0.1) is 5.25 Å². The minimum atomic E-state index is -0.315. The Labute approximate surface area is 146 Å². The van der Waals surface area contributed by atoms with Gasteiger partial charge in [0.25, 0.3) is 5.56 Å². The number of rotatable bonds is 7. The van der Waals surface area contributed by atoms with Crippen LogP contribution in [0.3, 0.4) is 0 Å². The van der Waals surface area contributed by atoms with Gasteiger partial charge < -0.3 is 10.3 Å². The summed E-state index contributed by atoms with van der Waals surface area (Å²) in [6.45, 7) is 5.94. The maximum Gasteiger partial charge on any atom is 0.251 e. The van der Waals surface area contributed by atoms with Crippen LogP contribution >= 0.6 is 11.8 Å². The van der Waals surface area contributed by atoms with Crippen LogP contribution in [0.4, 0.5) is 5.69 Å². The van der Waals surface area contributed by atoms with Crippen molar-refractivity contribution in [2.45, 2.75) is 50.4 Å². The predicted molar refractivity (Wildman–Crippen MR) is 98.6 cm³/mol. The van der Waals surface area contributed by atoms with Crippen molar-refractivity contribution in [1.29, 1.82) is 0 Å². The summed E-state index contributed by atoms with van der Waals surface area (Å²) in [6.07, 6.45) is 2.32. The SMILES string of the molecule is CCCc1cc(=O)[nH]c(SC(CC)C(=O)Nc2ccccc2C)n1. The fourth-order valence-corrected chi connectivity index (χ4v) is 3.24. The lowest BCUT2D eigenvalue weighted by molar-refractivity contribution is -0.115. The van der Waals surface area contributed by atoms with Crippen LogP contribution in [0.1, 0.15) is 37.9 Å². The molecule has 0 aliphatic rings. The number of hydrogen-bond donors (Lipinski definition) is 2. The number of anilines is 1. The number of amides is 1. The summed E-state index contributed by atoms with van der Waals surface area (Å²) in [7, 11) is 0. The van der Waals surface area contributed by atoms with Crippen LogP contribution in [0.5, 0.6) is 0 Å². The molecule has 0 aliphatic carbocycles. The van der Waals surface area contributed by atoms with Gasteiger partial charge in [0, 0.05) is 17.4 Å². The van der Waals surface area contributed by atoms with Crippen LogP contribution in [-0.4, -0.2) is 21.1 Å². The summed E-state index contributed by atoms with van der Waals surface area (Å²) in [4.78, 5) is 31.5. The Morgan fingerprint density at radius 3 is 2.75 bits per heavy atom. The number of aryl methyl sites for hydroxylation is 2. The Morgan fingerprint density at radius 1 is 1.33 bits per heavy atom. The van der Waals surface area contributed by atoms with Crippen LogP contribution in [0.2, 0.25) is 0 Å². The van der Waals surface area contributed by atoms with Gasteiger partial charge in [-0.15, -0.1) is 0 Å². The lowest BCUT2D eigenvalue weighted by Crippen LogP contribution is -2.25. The van der Waals surface area contributed by atoms with E-state index in [1.807, 2.05) is 45.0 Å². The third kappa shape index (κ3) is 4.96. The molecule has 1 aromatic heterocycles. The standard InChI is InChI=1S/C18H23N3O2S/c1-4-8-13-11-16(22)21-18(19-13)24-15(5-2)17(23)20-14-10-7-6-9-12(14)3/h6-7,9-11,15H,4-5,8H2,1-3H3,(H,20,23)(H,19,21,22). The number of nitrogens with one attached hydrogen (secondary N) is 2. The van der Waals surface area contributed by atoms with Crippen molar-refractivity contribution in [3.05, 3.63) is 51.9 Å². The molecular formula is C18H23N3O2S. The van der Waals surface area contributed by atoms with Gasteiger partial charge in [-0.1, -0.05) is 50.2 Å². The molecule has 0 fully saturated rings. The maximum atomic E-state index is 12.5. The molecule has 1 amide bonds. The van der Waals surface area contributed by atoms with Crippen LogP contribution in [-0.2, 0) is 11.2 Å². The number of H-pyrrole nitrogens is 1. The molecule has 2 aromatic rings. The van der Waals surface area contributed by atoms with E-state index in [1.165, 1.54) is 17.8 Å². The van der Waals surface area contributed by atoms with Crippen LogP contribution in [0.25, 0.3) is 0 Å². The molecule has 128 valence electrons. The van der Waals surface area contributed by atoms with Crippen molar-refractivity contribution >= 4 is 23.4 Å². The molecule has 1 heterocycles. The van der Waals surface area contributed by atoms with Crippen molar-refractivity contribution in [2.75, 3.05) is 5.32 Å². The first-order chi connectivity index (χ1) is 11.5. The highest BCUT2D eigenvalue weighted by atomic mass is 32.2. The number of aromatic nitrogens is 2. The normalized spacial score (nSPS) is 12.0. The third-order valence-electron chi connectivity index (χ3n) is 3.60. The topological polar surface area (TPSA) is 74.8 Å². The van der Waals surface area contributed by atoms with Gasteiger partial charge in [-0.25, -0.2) is 4.98 Å². The second-order valence-electron chi connectivity index (χ2n) is 5.61. The first-order valence-electron chi connectivity index (χ1n) is 8.16. The van der Waals surface area contributed by atoms with Crippen molar-refractivity contribution < 1.29 is 4.79 Å². The van der Waals surface area contributed by atoms with Crippen molar-refractivity contribution in [3.63, 3.8) is 0 Å². The number of aromatic amines is 1. The minimum absolute atomic E-state index is 0.0830. The number of benzene rings is 1. The van der Waals surface area contributed by atoms with Gasteiger partial charge in [-0.2, -0.15) is 0 Å². The fraction of sp³-hybridized carbons (Fsp3) is 0.389. The molecule has 1 unspecified atom stereocenters. The highest BCUT2D eigenvalue weighted by Gasteiger charge is 2.20. The molecule has 0 bridgehead atoms. The van der Waals surface area contributed by atoms with E-state index >= 15 is 0 Å². The highest BCUT2D eigenvalue weighted by molar-refractivity contribution is 8.00. The van der Waals surface area contributed by atoms with Gasteiger partial charge >= 0.3 is 0 Å². The predicted octanol–water partition coefficient (Wildman–Crippen LogP) is 3.54. The zero-order valence-electron chi connectivity index (χ0n) is 14.3. The Balaban J connectivity index is 2.13. The number of carbonyl (C=O) groups is 1. The van der Waals surface area contributed by atoms with E-state index in [2.05, 4.69) is 15.3 Å². The quantitative estimate of drug-likeness (QED) is 0.594. The monoisotopic (exact) mass is 345 g/mol. The smallest absolute Gasteiger partial charge is 0.251 e. The Kier molecular flexibility index (Phi) is 6.61. The molecule has 24 heavy (non-hydrogen) atoms. The van der Waals surface area contributed by atoms with E-state index in [4.69, 9.17) is 0 Å². The van der Waals surface area contributed by atoms with E-state index in [-0.39, 0.29) is 16.7 Å². The molecule has 0 saturated carbocycles. The average Bonchev–Trinajstić information content (AvgIpc) is 2.54. The van der Waals surface area contributed by atoms with Crippen LogP contribution < -0.4 is 10.9 Å². The van der Waals surface area contributed by atoms with Gasteiger partial charge in [-0.3, -0.25) is 9.59 Å². The van der Waals surface area contributed by atoms with E-state index in [9.17, 15) is 9.59 Å². The van der Waals surface area contributed by atoms with Gasteiger partial charge in [0.2, 0.25) is 5.91 Å². The molecule has 0 spiro atoms. The number of para-hydroxylation sites is 1. The molecule has 1 atom stereocenters. The lowest BCUT2D eigenvalue weighted by atomic mass is 10.2. The summed E-state index contributed by atoms with van der Waals surface area (Å²) >= 11 is 1.30. The van der Waals surface area contributed by atoms with Crippen LogP contribution in [0, 0.1) is 6.92 Å². The second-order valence-corrected chi connectivity index (χ2v) is 6.80. The fourth-order valence-electron chi connectivity index (χ4n) is 2.31. The summed E-state index contributed by atoms with van der Waals surface area (Å²) < 4.78 is 0. The molecule has 5 nitrogen and oxygen atoms in total. The molecular weight excluding hydrogens is 322 g/mol. The molecule has 1 aromatic carbocycles. The summed E-state index contributed by atoms with van der Waals surface area (Å²) in [5.41, 5.74) is 2.41. The Bertz CT molecular complexity index is 758. The second kappa shape index (κ2) is 8.68. The zero-order chi connectivity index (χ0) is 17.5. The average molecular weight is 345 g/mol. The largest absolute Gasteiger partial charge is 0.325 e. The Hall–Kier alpha value is -2.08. The summed E-state index contributed by atoms with van der Waals surface area (Å²) in [5, 5.41) is 3.14. The van der Waals surface area contributed by atoms with Crippen molar-refractivity contribution in [3.8, 4) is 0 Å². The number of thioether (sulfide) groups is 1. The molecule has 0 radical (unpaired) electrons. The highest BCUT2D eigenvalue weighted by Crippen LogP contribution is 2.24. The van der Waals surface area contributed by atoms with Gasteiger partial charge in [-0.05, 0) is 31.4 Å². The van der Waals surface area contributed by atoms with Crippen LogP contribution in [0.15, 0.2) is 40.3 Å². The minimum Gasteiger partial charge on any atom is -0.325 e. The lowest BCUT2D eigenvalue weighted by Gasteiger charge is -2.15. The summed E-state index contributed by atoms with van der Waals surface area (Å²) in [6, 6.07) is 9.18. The first kappa shape index (κ1) is 18.3.